The minimum atomic E-state index is -4.08. The van der Waals surface area contributed by atoms with Gasteiger partial charge in [0.15, 0.2) is 0 Å². The van der Waals surface area contributed by atoms with Crippen LogP contribution in [0.4, 0.5) is 17.3 Å². The average Bonchev–Trinajstić information content (AvgIpc) is 3.63. The van der Waals surface area contributed by atoms with E-state index in [1.807, 2.05) is 18.2 Å². The number of aromatic nitrogens is 4. The third-order valence-electron chi connectivity index (χ3n) is 5.87. The lowest BCUT2D eigenvalue weighted by atomic mass is 10.2. The molecular weight excluding hydrogens is 480 g/mol. The van der Waals surface area contributed by atoms with Gasteiger partial charge in [0.05, 0.1) is 22.2 Å². The number of hydrogen-bond donors (Lipinski definition) is 2. The quantitative estimate of drug-likeness (QED) is 0.240. The molecule has 2 N–H and O–H groups in total. The van der Waals surface area contributed by atoms with Crippen LogP contribution in [-0.4, -0.2) is 40.8 Å². The van der Waals surface area contributed by atoms with Crippen molar-refractivity contribution in [3.63, 3.8) is 0 Å². The Morgan fingerprint density at radius 2 is 1.81 bits per heavy atom. The highest BCUT2D eigenvalue weighted by Crippen LogP contribution is 2.31. The Kier molecular flexibility index (Phi) is 5.26. The molecule has 6 rings (SSSR count). The van der Waals surface area contributed by atoms with Crippen LogP contribution in [-0.2, 0) is 14.9 Å². The molecular formula is C25H20N6O4S. The van der Waals surface area contributed by atoms with Gasteiger partial charge in [0.1, 0.15) is 16.2 Å². The van der Waals surface area contributed by atoms with E-state index in [1.165, 1.54) is 18.2 Å². The molecule has 0 unspecified atom stereocenters. The SMILES string of the molecule is O=CN(c1nc2cc(OS(=O)(=O)c3ccc(Nc4cccc5nccnc45)cc3)ccc2[nH]1)C1CC1. The van der Waals surface area contributed by atoms with E-state index in [-0.39, 0.29) is 16.7 Å². The monoisotopic (exact) mass is 500 g/mol. The van der Waals surface area contributed by atoms with Crippen molar-refractivity contribution in [3.8, 4) is 5.75 Å². The van der Waals surface area contributed by atoms with Gasteiger partial charge in [-0.2, -0.15) is 8.42 Å². The van der Waals surface area contributed by atoms with E-state index in [1.54, 1.807) is 41.6 Å². The molecule has 11 heteroatoms. The Morgan fingerprint density at radius 1 is 1.00 bits per heavy atom. The third-order valence-corrected chi connectivity index (χ3v) is 7.13. The second kappa shape index (κ2) is 8.61. The van der Waals surface area contributed by atoms with Crippen molar-refractivity contribution < 1.29 is 17.4 Å². The van der Waals surface area contributed by atoms with Crippen LogP contribution < -0.4 is 14.4 Å². The molecule has 1 aliphatic rings. The van der Waals surface area contributed by atoms with E-state index < -0.39 is 10.1 Å². The minimum Gasteiger partial charge on any atom is -0.379 e. The highest BCUT2D eigenvalue weighted by atomic mass is 32.2. The topological polar surface area (TPSA) is 130 Å². The summed E-state index contributed by atoms with van der Waals surface area (Å²) in [6, 6.07) is 16.8. The van der Waals surface area contributed by atoms with Gasteiger partial charge in [-0.15, -0.1) is 0 Å². The zero-order valence-corrected chi connectivity index (χ0v) is 19.6. The minimum absolute atomic E-state index is 0.00874. The first-order valence-electron chi connectivity index (χ1n) is 11.2. The van der Waals surface area contributed by atoms with Crippen LogP contribution in [0.2, 0.25) is 0 Å². The van der Waals surface area contributed by atoms with Crippen LogP contribution in [0.3, 0.4) is 0 Å². The fourth-order valence-electron chi connectivity index (χ4n) is 3.94. The number of nitrogens with one attached hydrogen (secondary N) is 2. The van der Waals surface area contributed by atoms with Gasteiger partial charge >= 0.3 is 10.1 Å². The highest BCUT2D eigenvalue weighted by molar-refractivity contribution is 7.87. The molecule has 1 aliphatic carbocycles. The largest absolute Gasteiger partial charge is 0.379 e. The van der Waals surface area contributed by atoms with Gasteiger partial charge in [0.2, 0.25) is 12.4 Å². The summed E-state index contributed by atoms with van der Waals surface area (Å²) in [5.74, 6) is 0.559. The summed E-state index contributed by atoms with van der Waals surface area (Å²) in [4.78, 5) is 29.1. The van der Waals surface area contributed by atoms with E-state index in [2.05, 4.69) is 25.3 Å². The predicted molar refractivity (Wildman–Crippen MR) is 135 cm³/mol. The Hall–Kier alpha value is -4.51. The smallest absolute Gasteiger partial charge is 0.339 e. The molecule has 1 fully saturated rings. The summed E-state index contributed by atoms with van der Waals surface area (Å²) in [5, 5.41) is 3.25. The van der Waals surface area contributed by atoms with Crippen molar-refractivity contribution in [1.82, 2.24) is 19.9 Å². The second-order valence-corrected chi connectivity index (χ2v) is 9.95. The number of carbonyl (C=O) groups excluding carboxylic acids is 1. The molecule has 0 bridgehead atoms. The summed E-state index contributed by atoms with van der Waals surface area (Å²) in [5.41, 5.74) is 4.09. The van der Waals surface area contributed by atoms with Crippen molar-refractivity contribution in [2.45, 2.75) is 23.8 Å². The predicted octanol–water partition coefficient (Wildman–Crippen LogP) is 4.14. The average molecular weight is 501 g/mol. The zero-order chi connectivity index (χ0) is 24.7. The van der Waals surface area contributed by atoms with Crippen LogP contribution in [0.5, 0.6) is 5.75 Å². The summed E-state index contributed by atoms with van der Waals surface area (Å²) < 4.78 is 31.2. The Labute approximate surface area is 206 Å². The van der Waals surface area contributed by atoms with E-state index in [9.17, 15) is 13.2 Å². The maximum absolute atomic E-state index is 12.9. The molecule has 0 saturated heterocycles. The number of carbonyl (C=O) groups is 1. The lowest BCUT2D eigenvalue weighted by Gasteiger charge is -2.11. The van der Waals surface area contributed by atoms with E-state index in [0.717, 1.165) is 30.5 Å². The van der Waals surface area contributed by atoms with Crippen molar-refractivity contribution in [1.29, 1.82) is 0 Å². The molecule has 180 valence electrons. The van der Waals surface area contributed by atoms with Gasteiger partial charge in [0, 0.05) is 30.2 Å². The normalized spacial score (nSPS) is 13.6. The number of amides is 1. The molecule has 0 radical (unpaired) electrons. The molecule has 5 aromatic rings. The van der Waals surface area contributed by atoms with Crippen molar-refractivity contribution >= 4 is 55.9 Å². The lowest BCUT2D eigenvalue weighted by Crippen LogP contribution is -2.24. The highest BCUT2D eigenvalue weighted by Gasteiger charge is 2.31. The molecule has 10 nitrogen and oxygen atoms in total. The first-order chi connectivity index (χ1) is 17.5. The lowest BCUT2D eigenvalue weighted by molar-refractivity contribution is -0.107. The Bertz CT molecular complexity index is 1690. The van der Waals surface area contributed by atoms with Crippen LogP contribution in [0.1, 0.15) is 12.8 Å². The number of hydrogen-bond acceptors (Lipinski definition) is 8. The number of imidazole rings is 1. The van der Waals surface area contributed by atoms with Crippen LogP contribution in [0, 0.1) is 0 Å². The van der Waals surface area contributed by atoms with E-state index >= 15 is 0 Å². The number of aromatic amines is 1. The molecule has 1 saturated carbocycles. The van der Waals surface area contributed by atoms with Crippen molar-refractivity contribution in [2.75, 3.05) is 10.2 Å². The standard InChI is InChI=1S/C25H20N6O4S/c32-15-31(17-6-7-17)25-29-20-11-8-18(14-23(20)30-25)35-36(33,34)19-9-4-16(5-10-19)28-22-3-1-2-21-24(22)27-13-12-26-21/h1-5,8-15,17,28H,6-7H2,(H,29,30). The second-order valence-electron chi connectivity index (χ2n) is 8.40. The van der Waals surface area contributed by atoms with Gasteiger partial charge in [-0.1, -0.05) is 6.07 Å². The molecule has 2 aromatic heterocycles. The fourth-order valence-corrected chi connectivity index (χ4v) is 4.86. The summed E-state index contributed by atoms with van der Waals surface area (Å²) in [7, 11) is -4.08. The number of anilines is 3. The van der Waals surface area contributed by atoms with E-state index in [0.29, 0.717) is 28.2 Å². The van der Waals surface area contributed by atoms with Gasteiger partial charge in [0.25, 0.3) is 0 Å². The number of rotatable bonds is 8. The summed E-state index contributed by atoms with van der Waals surface area (Å²) >= 11 is 0. The first kappa shape index (κ1) is 22.0. The number of fused-ring (bicyclic) bond motifs is 2. The number of para-hydroxylation sites is 1. The maximum atomic E-state index is 12.9. The Balaban J connectivity index is 1.20. The molecule has 0 aliphatic heterocycles. The number of H-pyrrole nitrogens is 1. The molecule has 1 amide bonds. The summed E-state index contributed by atoms with van der Waals surface area (Å²) in [6.07, 6.45) is 5.87. The van der Waals surface area contributed by atoms with Crippen LogP contribution >= 0.6 is 0 Å². The maximum Gasteiger partial charge on any atom is 0.339 e. The van der Waals surface area contributed by atoms with Gasteiger partial charge in [-0.25, -0.2) is 4.98 Å². The molecule has 0 spiro atoms. The summed E-state index contributed by atoms with van der Waals surface area (Å²) in [6.45, 7) is 0. The molecule has 3 aromatic carbocycles. The van der Waals surface area contributed by atoms with E-state index in [4.69, 9.17) is 4.18 Å². The van der Waals surface area contributed by atoms with Crippen LogP contribution in [0.25, 0.3) is 22.1 Å². The molecule has 36 heavy (non-hydrogen) atoms. The van der Waals surface area contributed by atoms with Gasteiger partial charge in [-0.05, 0) is 61.4 Å². The van der Waals surface area contributed by atoms with Gasteiger partial charge in [-0.3, -0.25) is 19.7 Å². The Morgan fingerprint density at radius 3 is 2.58 bits per heavy atom. The third kappa shape index (κ3) is 4.20. The van der Waals surface area contributed by atoms with Crippen molar-refractivity contribution in [3.05, 3.63) is 73.1 Å². The van der Waals surface area contributed by atoms with Crippen molar-refractivity contribution in [2.24, 2.45) is 0 Å². The van der Waals surface area contributed by atoms with Crippen LogP contribution in [0.15, 0.2) is 78.0 Å². The fraction of sp³-hybridized carbons (Fsp3) is 0.120. The number of nitrogens with zero attached hydrogens (tertiary/aromatic N) is 4. The number of benzene rings is 3. The first-order valence-corrected chi connectivity index (χ1v) is 12.7. The zero-order valence-electron chi connectivity index (χ0n) is 18.8. The molecule has 0 atom stereocenters. The molecule has 2 heterocycles. The van der Waals surface area contributed by atoms with Gasteiger partial charge < -0.3 is 14.5 Å².